The van der Waals surface area contributed by atoms with Crippen molar-refractivity contribution in [3.05, 3.63) is 30.3 Å². The predicted molar refractivity (Wildman–Crippen MR) is 85.4 cm³/mol. The molecule has 1 atom stereocenters. The minimum absolute atomic E-state index is 0.149. The highest BCUT2D eigenvalue weighted by Crippen LogP contribution is 2.24. The Kier molecular flexibility index (Phi) is 4.77. The minimum Gasteiger partial charge on any atom is -0.411 e. The van der Waals surface area contributed by atoms with Crippen molar-refractivity contribution in [2.45, 2.75) is 25.0 Å². The molecule has 5 nitrogen and oxygen atoms in total. The molecule has 2 aromatic rings. The van der Waals surface area contributed by atoms with Gasteiger partial charge in [0.15, 0.2) is 0 Å². The van der Waals surface area contributed by atoms with E-state index in [0.717, 1.165) is 25.1 Å². The molecular weight excluding hydrogens is 298 g/mol. The fourth-order valence-electron chi connectivity index (χ4n) is 2.60. The molecule has 1 aromatic carbocycles. The highest BCUT2D eigenvalue weighted by atomic mass is 32.2. The van der Waals surface area contributed by atoms with E-state index >= 15 is 0 Å². The molecule has 1 amide bonds. The van der Waals surface area contributed by atoms with Crippen LogP contribution in [0.25, 0.3) is 11.5 Å². The Hall–Kier alpha value is -1.82. The number of carbonyl (C=O) groups is 1. The van der Waals surface area contributed by atoms with E-state index in [9.17, 15) is 4.79 Å². The molecule has 1 fully saturated rings. The third-order valence-electron chi connectivity index (χ3n) is 3.76. The second-order valence-electron chi connectivity index (χ2n) is 5.61. The van der Waals surface area contributed by atoms with Crippen LogP contribution >= 0.6 is 11.8 Å². The van der Waals surface area contributed by atoms with Crippen LogP contribution in [0.2, 0.25) is 0 Å². The standard InChI is InChI=1S/C16H19N3O2S/c1-12-6-5-9-19(10-12)14(20)11-22-16-18-17-15(21-16)13-7-3-2-4-8-13/h2-4,7-8,12H,5-6,9-11H2,1H3/t12-/m0/s1. The Balaban J connectivity index is 1.56. The van der Waals surface area contributed by atoms with Crippen LogP contribution in [0.3, 0.4) is 0 Å². The molecule has 2 heterocycles. The first-order valence-corrected chi connectivity index (χ1v) is 8.50. The van der Waals surface area contributed by atoms with Crippen LogP contribution < -0.4 is 0 Å². The zero-order valence-electron chi connectivity index (χ0n) is 12.6. The van der Waals surface area contributed by atoms with Gasteiger partial charge in [-0.15, -0.1) is 10.2 Å². The normalized spacial score (nSPS) is 18.4. The molecule has 0 aliphatic carbocycles. The number of likely N-dealkylation sites (tertiary alicyclic amines) is 1. The highest BCUT2D eigenvalue weighted by Gasteiger charge is 2.21. The Morgan fingerprint density at radius 3 is 2.95 bits per heavy atom. The van der Waals surface area contributed by atoms with E-state index in [-0.39, 0.29) is 5.91 Å². The van der Waals surface area contributed by atoms with Gasteiger partial charge in [-0.2, -0.15) is 0 Å². The van der Waals surface area contributed by atoms with Crippen LogP contribution in [-0.2, 0) is 4.79 Å². The van der Waals surface area contributed by atoms with Crippen molar-refractivity contribution in [2.75, 3.05) is 18.8 Å². The summed E-state index contributed by atoms with van der Waals surface area (Å²) in [7, 11) is 0. The van der Waals surface area contributed by atoms with Gasteiger partial charge in [0.05, 0.1) is 5.75 Å². The Bertz CT molecular complexity index is 629. The van der Waals surface area contributed by atoms with E-state index in [4.69, 9.17) is 4.42 Å². The third kappa shape index (κ3) is 3.68. The fourth-order valence-corrected chi connectivity index (χ4v) is 3.26. The van der Waals surface area contributed by atoms with Gasteiger partial charge in [0.1, 0.15) is 0 Å². The largest absolute Gasteiger partial charge is 0.411 e. The number of thioether (sulfide) groups is 1. The predicted octanol–water partition coefficient (Wildman–Crippen LogP) is 3.09. The number of rotatable bonds is 4. The van der Waals surface area contributed by atoms with Crippen LogP contribution in [0.15, 0.2) is 40.0 Å². The first-order chi connectivity index (χ1) is 10.7. The number of piperidine rings is 1. The smallest absolute Gasteiger partial charge is 0.277 e. The Morgan fingerprint density at radius 1 is 1.36 bits per heavy atom. The van der Waals surface area contributed by atoms with Gasteiger partial charge in [0.25, 0.3) is 5.22 Å². The third-order valence-corrected chi connectivity index (χ3v) is 4.56. The van der Waals surface area contributed by atoms with Gasteiger partial charge >= 0.3 is 0 Å². The van der Waals surface area contributed by atoms with E-state index in [2.05, 4.69) is 17.1 Å². The maximum Gasteiger partial charge on any atom is 0.277 e. The Morgan fingerprint density at radius 2 is 2.18 bits per heavy atom. The molecule has 3 rings (SSSR count). The molecule has 1 aromatic heterocycles. The molecule has 0 bridgehead atoms. The number of hydrogen-bond acceptors (Lipinski definition) is 5. The molecule has 1 saturated heterocycles. The number of amides is 1. The lowest BCUT2D eigenvalue weighted by molar-refractivity contribution is -0.130. The van der Waals surface area contributed by atoms with Crippen molar-refractivity contribution in [1.29, 1.82) is 0 Å². The van der Waals surface area contributed by atoms with Crippen molar-refractivity contribution in [3.63, 3.8) is 0 Å². The summed E-state index contributed by atoms with van der Waals surface area (Å²) in [6.45, 7) is 3.91. The van der Waals surface area contributed by atoms with Crippen LogP contribution in [0.1, 0.15) is 19.8 Å². The van der Waals surface area contributed by atoms with Gasteiger partial charge in [-0.05, 0) is 30.9 Å². The number of nitrogens with zero attached hydrogens (tertiary/aromatic N) is 3. The molecule has 0 radical (unpaired) electrons. The average Bonchev–Trinajstić information content (AvgIpc) is 3.02. The average molecular weight is 317 g/mol. The quantitative estimate of drug-likeness (QED) is 0.811. The summed E-state index contributed by atoms with van der Waals surface area (Å²) >= 11 is 1.31. The van der Waals surface area contributed by atoms with Crippen LogP contribution in [0, 0.1) is 5.92 Å². The maximum absolute atomic E-state index is 12.2. The number of aromatic nitrogens is 2. The molecule has 0 N–H and O–H groups in total. The van der Waals surface area contributed by atoms with Crippen molar-refractivity contribution in [1.82, 2.24) is 15.1 Å². The summed E-state index contributed by atoms with van der Waals surface area (Å²) in [5.74, 6) is 1.58. The van der Waals surface area contributed by atoms with Gasteiger partial charge in [-0.1, -0.05) is 36.9 Å². The lowest BCUT2D eigenvalue weighted by Gasteiger charge is -2.30. The molecule has 0 spiro atoms. The number of hydrogen-bond donors (Lipinski definition) is 0. The molecule has 1 aliphatic heterocycles. The lowest BCUT2D eigenvalue weighted by atomic mass is 10.0. The zero-order valence-corrected chi connectivity index (χ0v) is 13.4. The summed E-state index contributed by atoms with van der Waals surface area (Å²) in [5.41, 5.74) is 0.887. The molecule has 0 unspecified atom stereocenters. The Labute approximate surface area is 134 Å². The summed E-state index contributed by atoms with van der Waals surface area (Å²) < 4.78 is 5.60. The van der Waals surface area contributed by atoms with Crippen LogP contribution in [0.5, 0.6) is 0 Å². The molecule has 116 valence electrons. The SMILES string of the molecule is C[C@H]1CCCN(C(=O)CSc2nnc(-c3ccccc3)o2)C1. The van der Waals surface area contributed by atoms with Crippen molar-refractivity contribution >= 4 is 17.7 Å². The number of carbonyl (C=O) groups excluding carboxylic acids is 1. The van der Waals surface area contributed by atoms with E-state index in [0.29, 0.717) is 22.8 Å². The minimum atomic E-state index is 0.149. The van der Waals surface area contributed by atoms with E-state index in [1.165, 1.54) is 18.2 Å². The second-order valence-corrected chi connectivity index (χ2v) is 6.54. The second kappa shape index (κ2) is 6.96. The van der Waals surface area contributed by atoms with E-state index in [1.807, 2.05) is 35.2 Å². The summed E-state index contributed by atoms with van der Waals surface area (Å²) in [6.07, 6.45) is 2.30. The topological polar surface area (TPSA) is 59.2 Å². The van der Waals surface area contributed by atoms with Crippen LogP contribution in [-0.4, -0.2) is 39.8 Å². The lowest BCUT2D eigenvalue weighted by Crippen LogP contribution is -2.40. The van der Waals surface area contributed by atoms with Gasteiger partial charge in [-0.25, -0.2) is 0 Å². The van der Waals surface area contributed by atoms with Gasteiger partial charge in [-0.3, -0.25) is 4.79 Å². The summed E-state index contributed by atoms with van der Waals surface area (Å²) in [4.78, 5) is 14.1. The molecule has 0 saturated carbocycles. The molecular formula is C16H19N3O2S. The molecule has 1 aliphatic rings. The zero-order chi connectivity index (χ0) is 15.4. The highest BCUT2D eigenvalue weighted by molar-refractivity contribution is 7.99. The fraction of sp³-hybridized carbons (Fsp3) is 0.438. The van der Waals surface area contributed by atoms with E-state index in [1.54, 1.807) is 0 Å². The van der Waals surface area contributed by atoms with Crippen LogP contribution in [0.4, 0.5) is 0 Å². The maximum atomic E-state index is 12.2. The molecule has 22 heavy (non-hydrogen) atoms. The first-order valence-electron chi connectivity index (χ1n) is 7.52. The van der Waals surface area contributed by atoms with E-state index < -0.39 is 0 Å². The van der Waals surface area contributed by atoms with Crippen molar-refractivity contribution in [3.8, 4) is 11.5 Å². The summed E-state index contributed by atoms with van der Waals surface area (Å²) in [6, 6.07) is 9.62. The molecule has 6 heteroatoms. The van der Waals surface area contributed by atoms with Crippen molar-refractivity contribution < 1.29 is 9.21 Å². The summed E-state index contributed by atoms with van der Waals surface area (Å²) in [5, 5.41) is 8.47. The number of benzene rings is 1. The van der Waals surface area contributed by atoms with Gasteiger partial charge < -0.3 is 9.32 Å². The van der Waals surface area contributed by atoms with Crippen molar-refractivity contribution in [2.24, 2.45) is 5.92 Å². The van der Waals surface area contributed by atoms with Gasteiger partial charge in [0, 0.05) is 18.7 Å². The first kappa shape index (κ1) is 15.1. The van der Waals surface area contributed by atoms with Gasteiger partial charge in [0.2, 0.25) is 11.8 Å². The monoisotopic (exact) mass is 317 g/mol.